The molecular formula is C22H23N3O4. The predicted molar refractivity (Wildman–Crippen MR) is 112 cm³/mol. The van der Waals surface area contributed by atoms with Crippen molar-refractivity contribution in [1.29, 1.82) is 0 Å². The third-order valence-electron chi connectivity index (χ3n) is 5.24. The summed E-state index contributed by atoms with van der Waals surface area (Å²) in [6.45, 7) is 1.98. The predicted octanol–water partition coefficient (Wildman–Crippen LogP) is 2.99. The van der Waals surface area contributed by atoms with Crippen molar-refractivity contribution in [2.24, 2.45) is 14.1 Å². The van der Waals surface area contributed by atoms with E-state index >= 15 is 0 Å². The lowest BCUT2D eigenvalue weighted by molar-refractivity contribution is 0.0940. The summed E-state index contributed by atoms with van der Waals surface area (Å²) in [5, 5.41) is 4.15. The molecule has 4 rings (SSSR count). The second-order valence-electron chi connectivity index (χ2n) is 7.34. The Morgan fingerprint density at radius 1 is 1.17 bits per heavy atom. The molecule has 4 aromatic rings. The lowest BCUT2D eigenvalue weighted by atomic mass is 10.1. The zero-order valence-electron chi connectivity index (χ0n) is 16.9. The summed E-state index contributed by atoms with van der Waals surface area (Å²) in [6.07, 6.45) is 2.77. The lowest BCUT2D eigenvalue weighted by Gasteiger charge is -2.14. The molecule has 0 aliphatic carbocycles. The van der Waals surface area contributed by atoms with Gasteiger partial charge < -0.3 is 19.0 Å². The number of amides is 1. The fourth-order valence-electron chi connectivity index (χ4n) is 3.70. The number of nitrogens with zero attached hydrogens (tertiary/aromatic N) is 2. The van der Waals surface area contributed by atoms with Gasteiger partial charge in [0.2, 0.25) is 0 Å². The van der Waals surface area contributed by atoms with Gasteiger partial charge in [-0.15, -0.1) is 0 Å². The van der Waals surface area contributed by atoms with Crippen molar-refractivity contribution in [2.75, 3.05) is 7.11 Å². The van der Waals surface area contributed by atoms with E-state index in [1.54, 1.807) is 32.4 Å². The molecule has 2 aromatic carbocycles. The first-order chi connectivity index (χ1) is 13.9. The summed E-state index contributed by atoms with van der Waals surface area (Å²) in [5.74, 6) is 0.170. The summed E-state index contributed by atoms with van der Waals surface area (Å²) in [7, 11) is 5.28. The Balaban J connectivity index is 1.54. The van der Waals surface area contributed by atoms with Crippen LogP contribution in [0.25, 0.3) is 22.0 Å². The topological polar surface area (TPSA) is 78.4 Å². The van der Waals surface area contributed by atoms with Crippen LogP contribution < -0.4 is 15.8 Å². The Morgan fingerprint density at radius 3 is 2.72 bits per heavy atom. The van der Waals surface area contributed by atoms with Crippen LogP contribution in [-0.2, 0) is 20.5 Å². The number of nitrogens with one attached hydrogen (secondary N) is 1. The van der Waals surface area contributed by atoms with Crippen molar-refractivity contribution in [2.45, 2.75) is 19.4 Å². The first-order valence-electron chi connectivity index (χ1n) is 9.39. The average molecular weight is 393 g/mol. The number of fused-ring (bicyclic) bond motifs is 2. The number of carbonyl (C=O) groups is 1. The standard InChI is InChI=1S/C22H23N3O4/c1-13(9-15-12-24(2)18-7-6-16(28-4)11-17(15)18)23-21(26)14-5-8-20-19(10-14)25(3)22(27)29-20/h5-8,10-13H,9H2,1-4H3,(H,23,26)/t13-/m0/s1. The minimum atomic E-state index is -0.447. The van der Waals surface area contributed by atoms with Crippen molar-refractivity contribution in [1.82, 2.24) is 14.5 Å². The molecule has 0 aliphatic heterocycles. The van der Waals surface area contributed by atoms with Gasteiger partial charge in [0.1, 0.15) is 5.75 Å². The Labute approximate surface area is 167 Å². The molecule has 7 nitrogen and oxygen atoms in total. The van der Waals surface area contributed by atoms with Gasteiger partial charge in [-0.3, -0.25) is 9.36 Å². The van der Waals surface area contributed by atoms with E-state index in [0.29, 0.717) is 23.1 Å². The highest BCUT2D eigenvalue weighted by Gasteiger charge is 2.16. The molecule has 0 bridgehead atoms. The SMILES string of the molecule is COc1ccc2c(c1)c(C[C@H](C)NC(=O)c1ccc3oc(=O)n(C)c3c1)cn2C. The highest BCUT2D eigenvalue weighted by Crippen LogP contribution is 2.26. The molecule has 0 aliphatic rings. The molecule has 1 N–H and O–H groups in total. The molecule has 29 heavy (non-hydrogen) atoms. The van der Waals surface area contributed by atoms with Crippen LogP contribution in [0.5, 0.6) is 5.75 Å². The molecule has 0 radical (unpaired) electrons. The normalized spacial score (nSPS) is 12.4. The number of ether oxygens (including phenoxy) is 1. The zero-order valence-corrected chi connectivity index (χ0v) is 16.9. The molecule has 0 saturated heterocycles. The van der Waals surface area contributed by atoms with E-state index in [4.69, 9.17) is 9.15 Å². The number of oxazole rings is 1. The van der Waals surface area contributed by atoms with Gasteiger partial charge in [0.05, 0.1) is 12.6 Å². The minimum Gasteiger partial charge on any atom is -0.497 e. The smallest absolute Gasteiger partial charge is 0.419 e. The molecule has 7 heteroatoms. The Bertz CT molecular complexity index is 1280. The van der Waals surface area contributed by atoms with E-state index in [0.717, 1.165) is 22.2 Å². The molecule has 0 unspecified atom stereocenters. The first-order valence-corrected chi connectivity index (χ1v) is 9.39. The van der Waals surface area contributed by atoms with Crippen LogP contribution in [0.2, 0.25) is 0 Å². The summed E-state index contributed by atoms with van der Waals surface area (Å²) < 4.78 is 13.9. The van der Waals surface area contributed by atoms with Gasteiger partial charge in [0.15, 0.2) is 5.58 Å². The van der Waals surface area contributed by atoms with Crippen LogP contribution in [0.3, 0.4) is 0 Å². The van der Waals surface area contributed by atoms with Crippen molar-refractivity contribution in [3.63, 3.8) is 0 Å². The maximum atomic E-state index is 12.7. The number of hydrogen-bond acceptors (Lipinski definition) is 4. The molecule has 1 atom stereocenters. The van der Waals surface area contributed by atoms with E-state index in [-0.39, 0.29) is 11.9 Å². The molecule has 2 aromatic heterocycles. The third-order valence-corrected chi connectivity index (χ3v) is 5.24. The van der Waals surface area contributed by atoms with Gasteiger partial charge in [-0.2, -0.15) is 0 Å². The third kappa shape index (κ3) is 3.40. The number of hydrogen-bond donors (Lipinski definition) is 1. The fourth-order valence-corrected chi connectivity index (χ4v) is 3.70. The number of aromatic nitrogens is 2. The van der Waals surface area contributed by atoms with Crippen molar-refractivity contribution < 1.29 is 13.9 Å². The number of rotatable bonds is 5. The van der Waals surface area contributed by atoms with Gasteiger partial charge in [0, 0.05) is 42.8 Å². The van der Waals surface area contributed by atoms with Crippen LogP contribution in [0.1, 0.15) is 22.8 Å². The fraction of sp³-hybridized carbons (Fsp3) is 0.273. The Kier molecular flexibility index (Phi) is 4.66. The van der Waals surface area contributed by atoms with Crippen molar-refractivity contribution >= 4 is 27.9 Å². The quantitative estimate of drug-likeness (QED) is 0.565. The van der Waals surface area contributed by atoms with Gasteiger partial charge in [-0.25, -0.2) is 4.79 Å². The summed E-state index contributed by atoms with van der Waals surface area (Å²) >= 11 is 0. The monoisotopic (exact) mass is 393 g/mol. The molecule has 2 heterocycles. The van der Waals surface area contributed by atoms with Crippen molar-refractivity contribution in [3.05, 3.63) is 64.3 Å². The molecule has 0 saturated carbocycles. The zero-order chi connectivity index (χ0) is 20.7. The van der Waals surface area contributed by atoms with Crippen LogP contribution in [0.4, 0.5) is 0 Å². The molecule has 0 spiro atoms. The van der Waals surface area contributed by atoms with Gasteiger partial charge >= 0.3 is 5.76 Å². The highest BCUT2D eigenvalue weighted by molar-refractivity contribution is 5.97. The maximum absolute atomic E-state index is 12.7. The molecular weight excluding hydrogens is 370 g/mol. The van der Waals surface area contributed by atoms with Gasteiger partial charge in [0.25, 0.3) is 5.91 Å². The van der Waals surface area contributed by atoms with E-state index in [1.807, 2.05) is 32.2 Å². The number of methoxy groups -OCH3 is 1. The lowest BCUT2D eigenvalue weighted by Crippen LogP contribution is -2.34. The Morgan fingerprint density at radius 2 is 1.97 bits per heavy atom. The van der Waals surface area contributed by atoms with Gasteiger partial charge in [-0.05, 0) is 55.3 Å². The number of benzene rings is 2. The first kappa shape index (κ1) is 18.9. The van der Waals surface area contributed by atoms with E-state index < -0.39 is 5.76 Å². The van der Waals surface area contributed by atoms with E-state index in [1.165, 1.54) is 4.57 Å². The van der Waals surface area contributed by atoms with Crippen LogP contribution >= 0.6 is 0 Å². The van der Waals surface area contributed by atoms with Crippen LogP contribution in [0, 0.1) is 0 Å². The highest BCUT2D eigenvalue weighted by atomic mass is 16.5. The van der Waals surface area contributed by atoms with Gasteiger partial charge in [-0.1, -0.05) is 0 Å². The average Bonchev–Trinajstić information content (AvgIpc) is 3.17. The molecule has 0 fully saturated rings. The largest absolute Gasteiger partial charge is 0.497 e. The molecule has 1 amide bonds. The van der Waals surface area contributed by atoms with Crippen molar-refractivity contribution in [3.8, 4) is 5.75 Å². The summed E-state index contributed by atoms with van der Waals surface area (Å²) in [6, 6.07) is 10.9. The second kappa shape index (κ2) is 7.16. The van der Waals surface area contributed by atoms with E-state index in [9.17, 15) is 9.59 Å². The van der Waals surface area contributed by atoms with E-state index in [2.05, 4.69) is 16.1 Å². The minimum absolute atomic E-state index is 0.0804. The number of carbonyl (C=O) groups excluding carboxylic acids is 1. The number of aryl methyl sites for hydroxylation is 2. The maximum Gasteiger partial charge on any atom is 0.419 e. The second-order valence-corrected chi connectivity index (χ2v) is 7.34. The van der Waals surface area contributed by atoms with Crippen LogP contribution in [0.15, 0.2) is 51.8 Å². The molecule has 150 valence electrons. The van der Waals surface area contributed by atoms with Crippen LogP contribution in [-0.4, -0.2) is 28.2 Å². The summed E-state index contributed by atoms with van der Waals surface area (Å²) in [4.78, 5) is 24.4. The Hall–Kier alpha value is -3.48. The summed E-state index contributed by atoms with van der Waals surface area (Å²) in [5.41, 5.74) is 3.80.